The highest BCUT2D eigenvalue weighted by molar-refractivity contribution is 5.84. The van der Waals surface area contributed by atoms with E-state index < -0.39 is 0 Å². The van der Waals surface area contributed by atoms with E-state index in [1.54, 1.807) is 0 Å². The fourth-order valence-electron chi connectivity index (χ4n) is 1.76. The normalized spacial score (nSPS) is 10.7. The van der Waals surface area contributed by atoms with Gasteiger partial charge in [0.1, 0.15) is 11.6 Å². The molecule has 0 aliphatic rings. The number of pyridine rings is 1. The summed E-state index contributed by atoms with van der Waals surface area (Å²) in [5.74, 6) is 0.561. The maximum atomic E-state index is 13.2. The Balaban J connectivity index is 2.81. The van der Waals surface area contributed by atoms with Gasteiger partial charge < -0.3 is 5.32 Å². The van der Waals surface area contributed by atoms with E-state index in [4.69, 9.17) is 0 Å². The van der Waals surface area contributed by atoms with E-state index in [-0.39, 0.29) is 5.82 Å². The Morgan fingerprint density at radius 1 is 1.13 bits per heavy atom. The number of hydrogen-bond donors (Lipinski definition) is 1. The lowest BCUT2D eigenvalue weighted by Crippen LogP contribution is -1.97. The first-order valence-electron chi connectivity index (χ1n) is 4.87. The minimum atomic E-state index is -0.238. The Hall–Kier alpha value is -1.64. The minimum absolute atomic E-state index is 0.238. The van der Waals surface area contributed by atoms with E-state index >= 15 is 0 Å². The van der Waals surface area contributed by atoms with E-state index in [9.17, 15) is 4.39 Å². The van der Waals surface area contributed by atoms with E-state index in [1.165, 1.54) is 12.1 Å². The van der Waals surface area contributed by atoms with Crippen LogP contribution in [0.15, 0.2) is 18.2 Å². The van der Waals surface area contributed by atoms with Crippen LogP contribution in [-0.2, 0) is 0 Å². The van der Waals surface area contributed by atoms with Crippen molar-refractivity contribution in [1.82, 2.24) is 4.98 Å². The summed E-state index contributed by atoms with van der Waals surface area (Å²) < 4.78 is 13.2. The lowest BCUT2D eigenvalue weighted by atomic mass is 10.1. The monoisotopic (exact) mass is 204 g/mol. The molecule has 15 heavy (non-hydrogen) atoms. The van der Waals surface area contributed by atoms with Gasteiger partial charge in [0.25, 0.3) is 0 Å². The van der Waals surface area contributed by atoms with Crippen LogP contribution in [-0.4, -0.2) is 12.0 Å². The standard InChI is InChI=1S/C12H13FN2/c1-7-4-9(13)6-11-10(7)5-8(2)12(14-3)15-11/h4-6H,1-3H3,(H,14,15). The second kappa shape index (κ2) is 3.50. The number of aryl methyl sites for hydroxylation is 2. The van der Waals surface area contributed by atoms with Crippen molar-refractivity contribution in [3.63, 3.8) is 0 Å². The van der Waals surface area contributed by atoms with Crippen LogP contribution in [0.3, 0.4) is 0 Å². The molecule has 0 amide bonds. The first-order valence-corrected chi connectivity index (χ1v) is 4.87. The van der Waals surface area contributed by atoms with Gasteiger partial charge in [-0.05, 0) is 37.1 Å². The number of benzene rings is 1. The Kier molecular flexibility index (Phi) is 2.31. The topological polar surface area (TPSA) is 24.9 Å². The van der Waals surface area contributed by atoms with Crippen molar-refractivity contribution >= 4 is 16.7 Å². The molecule has 0 saturated heterocycles. The fourth-order valence-corrected chi connectivity index (χ4v) is 1.76. The van der Waals surface area contributed by atoms with E-state index in [1.807, 2.05) is 27.0 Å². The van der Waals surface area contributed by atoms with Crippen molar-refractivity contribution in [2.24, 2.45) is 0 Å². The molecule has 0 radical (unpaired) electrons. The zero-order valence-corrected chi connectivity index (χ0v) is 9.06. The van der Waals surface area contributed by atoms with E-state index in [2.05, 4.69) is 10.3 Å². The molecular weight excluding hydrogens is 191 g/mol. The van der Waals surface area contributed by atoms with Gasteiger partial charge in [-0.25, -0.2) is 9.37 Å². The number of anilines is 1. The number of fused-ring (bicyclic) bond motifs is 1. The van der Waals surface area contributed by atoms with Crippen molar-refractivity contribution in [3.8, 4) is 0 Å². The summed E-state index contributed by atoms with van der Waals surface area (Å²) in [6.07, 6.45) is 0. The highest BCUT2D eigenvalue weighted by Gasteiger charge is 2.05. The van der Waals surface area contributed by atoms with Crippen LogP contribution in [0.25, 0.3) is 10.9 Å². The average Bonchev–Trinajstić information content (AvgIpc) is 2.18. The smallest absolute Gasteiger partial charge is 0.129 e. The van der Waals surface area contributed by atoms with Gasteiger partial charge in [-0.3, -0.25) is 0 Å². The molecule has 78 valence electrons. The Bertz CT molecular complexity index is 521. The zero-order valence-electron chi connectivity index (χ0n) is 9.06. The summed E-state index contributed by atoms with van der Waals surface area (Å²) >= 11 is 0. The van der Waals surface area contributed by atoms with Crippen LogP contribution < -0.4 is 5.32 Å². The third-order valence-corrected chi connectivity index (χ3v) is 2.53. The summed E-state index contributed by atoms with van der Waals surface area (Å²) in [5, 5.41) is 4.00. The molecule has 3 heteroatoms. The molecule has 0 aliphatic carbocycles. The lowest BCUT2D eigenvalue weighted by molar-refractivity contribution is 0.628. The SMILES string of the molecule is CNc1nc2cc(F)cc(C)c2cc1C. The van der Waals surface area contributed by atoms with Crippen LogP contribution in [0.1, 0.15) is 11.1 Å². The maximum Gasteiger partial charge on any atom is 0.129 e. The van der Waals surface area contributed by atoms with Gasteiger partial charge >= 0.3 is 0 Å². The molecule has 0 atom stereocenters. The second-order valence-corrected chi connectivity index (χ2v) is 3.69. The van der Waals surface area contributed by atoms with Crippen LogP contribution in [0, 0.1) is 19.7 Å². The molecule has 2 rings (SSSR count). The van der Waals surface area contributed by atoms with Crippen molar-refractivity contribution < 1.29 is 4.39 Å². The summed E-state index contributed by atoms with van der Waals surface area (Å²) in [6.45, 7) is 3.88. The molecule has 0 spiro atoms. The Morgan fingerprint density at radius 2 is 1.87 bits per heavy atom. The lowest BCUT2D eigenvalue weighted by Gasteiger charge is -2.08. The molecule has 0 unspecified atom stereocenters. The van der Waals surface area contributed by atoms with E-state index in [0.717, 1.165) is 22.3 Å². The third kappa shape index (κ3) is 1.65. The Morgan fingerprint density at radius 3 is 2.53 bits per heavy atom. The van der Waals surface area contributed by atoms with E-state index in [0.29, 0.717) is 5.52 Å². The average molecular weight is 204 g/mol. The van der Waals surface area contributed by atoms with Crippen LogP contribution in [0.4, 0.5) is 10.2 Å². The van der Waals surface area contributed by atoms with Crippen molar-refractivity contribution in [2.45, 2.75) is 13.8 Å². The highest BCUT2D eigenvalue weighted by atomic mass is 19.1. The summed E-state index contributed by atoms with van der Waals surface area (Å²) in [5.41, 5.74) is 2.69. The highest BCUT2D eigenvalue weighted by Crippen LogP contribution is 2.23. The Labute approximate surface area is 88.1 Å². The minimum Gasteiger partial charge on any atom is -0.373 e. The van der Waals surface area contributed by atoms with Gasteiger partial charge in [0, 0.05) is 18.5 Å². The molecule has 0 fully saturated rings. The van der Waals surface area contributed by atoms with Gasteiger partial charge in [-0.1, -0.05) is 0 Å². The zero-order chi connectivity index (χ0) is 11.0. The molecule has 1 aromatic heterocycles. The first-order chi connectivity index (χ1) is 7.11. The van der Waals surface area contributed by atoms with Gasteiger partial charge in [-0.2, -0.15) is 0 Å². The molecule has 2 aromatic rings. The largest absolute Gasteiger partial charge is 0.373 e. The summed E-state index contributed by atoms with van der Waals surface area (Å²) in [6, 6.07) is 5.02. The number of nitrogens with one attached hydrogen (secondary N) is 1. The first kappa shape index (κ1) is 9.90. The number of halogens is 1. The van der Waals surface area contributed by atoms with Crippen molar-refractivity contribution in [2.75, 3.05) is 12.4 Å². The number of hydrogen-bond acceptors (Lipinski definition) is 2. The molecule has 0 saturated carbocycles. The molecule has 1 aromatic carbocycles. The van der Waals surface area contributed by atoms with Crippen molar-refractivity contribution in [3.05, 3.63) is 35.1 Å². The van der Waals surface area contributed by atoms with Crippen LogP contribution in [0.5, 0.6) is 0 Å². The number of nitrogens with zero attached hydrogens (tertiary/aromatic N) is 1. The van der Waals surface area contributed by atoms with Gasteiger partial charge in [0.05, 0.1) is 5.52 Å². The predicted molar refractivity (Wildman–Crippen MR) is 60.7 cm³/mol. The quantitative estimate of drug-likeness (QED) is 0.772. The second-order valence-electron chi connectivity index (χ2n) is 3.69. The van der Waals surface area contributed by atoms with Gasteiger partial charge in [0.15, 0.2) is 0 Å². The fraction of sp³-hybridized carbons (Fsp3) is 0.250. The molecule has 0 bridgehead atoms. The molecular formula is C12H13FN2. The number of aromatic nitrogens is 1. The van der Waals surface area contributed by atoms with Crippen LogP contribution in [0.2, 0.25) is 0 Å². The van der Waals surface area contributed by atoms with Gasteiger partial charge in [-0.15, -0.1) is 0 Å². The molecule has 1 heterocycles. The molecule has 2 nitrogen and oxygen atoms in total. The summed E-state index contributed by atoms with van der Waals surface area (Å²) in [4.78, 5) is 4.36. The number of rotatable bonds is 1. The summed E-state index contributed by atoms with van der Waals surface area (Å²) in [7, 11) is 1.81. The van der Waals surface area contributed by atoms with Crippen LogP contribution >= 0.6 is 0 Å². The molecule has 1 N–H and O–H groups in total. The van der Waals surface area contributed by atoms with Crippen molar-refractivity contribution in [1.29, 1.82) is 0 Å². The van der Waals surface area contributed by atoms with Gasteiger partial charge in [0.2, 0.25) is 0 Å². The predicted octanol–water partition coefficient (Wildman–Crippen LogP) is 3.03. The third-order valence-electron chi connectivity index (χ3n) is 2.53. The maximum absolute atomic E-state index is 13.2. The molecule has 0 aliphatic heterocycles.